The summed E-state index contributed by atoms with van der Waals surface area (Å²) in [6.45, 7) is 11.4. The Morgan fingerprint density at radius 1 is 1.15 bits per heavy atom. The molecule has 26 heavy (non-hydrogen) atoms. The Labute approximate surface area is 178 Å². The molecule has 0 spiro atoms. The van der Waals surface area contributed by atoms with Crippen LogP contribution in [0.3, 0.4) is 0 Å². The molecular formula is C18H31IN6S. The molecule has 0 aromatic carbocycles. The molecule has 0 amide bonds. The number of halogens is 1. The number of thioether (sulfide) groups is 1. The molecule has 0 bridgehead atoms. The highest BCUT2D eigenvalue weighted by atomic mass is 127. The Balaban J connectivity index is 0.00000243. The molecule has 0 aliphatic carbocycles. The van der Waals surface area contributed by atoms with Gasteiger partial charge in [0.1, 0.15) is 5.82 Å². The van der Waals surface area contributed by atoms with Crippen LogP contribution in [0.15, 0.2) is 29.4 Å². The van der Waals surface area contributed by atoms with Crippen molar-refractivity contribution in [3.63, 3.8) is 0 Å². The van der Waals surface area contributed by atoms with E-state index in [-0.39, 0.29) is 24.0 Å². The second-order valence-electron chi connectivity index (χ2n) is 6.35. The topological polar surface area (TPSA) is 47.0 Å². The molecule has 2 aliphatic heterocycles. The molecule has 1 aromatic heterocycles. The number of piperazine rings is 1. The van der Waals surface area contributed by atoms with Crippen LogP contribution in [0.4, 0.5) is 5.82 Å². The number of nitrogens with zero attached hydrogens (tertiary/aromatic N) is 5. The average Bonchev–Trinajstić information content (AvgIpc) is 2.69. The second kappa shape index (κ2) is 11.9. The van der Waals surface area contributed by atoms with Gasteiger partial charge in [-0.3, -0.25) is 9.89 Å². The lowest BCUT2D eigenvalue weighted by molar-refractivity contribution is 0.310. The molecule has 2 saturated heterocycles. The first-order valence-electron chi connectivity index (χ1n) is 9.36. The van der Waals surface area contributed by atoms with Crippen molar-refractivity contribution < 1.29 is 0 Å². The average molecular weight is 490 g/mol. The maximum Gasteiger partial charge on any atom is 0.194 e. The van der Waals surface area contributed by atoms with Gasteiger partial charge < -0.3 is 15.1 Å². The fraction of sp³-hybridized carbons (Fsp3) is 0.667. The van der Waals surface area contributed by atoms with Crippen molar-refractivity contribution in [2.24, 2.45) is 4.99 Å². The maximum atomic E-state index is 4.88. The first kappa shape index (κ1) is 21.6. The van der Waals surface area contributed by atoms with E-state index in [1.807, 2.05) is 12.3 Å². The van der Waals surface area contributed by atoms with Crippen molar-refractivity contribution >= 4 is 47.5 Å². The van der Waals surface area contributed by atoms with E-state index in [0.717, 1.165) is 57.6 Å². The smallest absolute Gasteiger partial charge is 0.194 e. The van der Waals surface area contributed by atoms with Gasteiger partial charge in [-0.1, -0.05) is 6.07 Å². The van der Waals surface area contributed by atoms with Crippen molar-refractivity contribution in [2.75, 3.05) is 75.3 Å². The van der Waals surface area contributed by atoms with Crippen LogP contribution in [0.5, 0.6) is 0 Å². The molecule has 0 radical (unpaired) electrons. The minimum absolute atomic E-state index is 0. The first-order valence-corrected chi connectivity index (χ1v) is 10.5. The number of rotatable bonds is 5. The summed E-state index contributed by atoms with van der Waals surface area (Å²) in [6.07, 6.45) is 1.87. The fourth-order valence-corrected chi connectivity index (χ4v) is 4.21. The van der Waals surface area contributed by atoms with Gasteiger partial charge >= 0.3 is 0 Å². The molecule has 1 aromatic rings. The zero-order valence-electron chi connectivity index (χ0n) is 15.6. The molecule has 0 unspecified atom stereocenters. The predicted molar refractivity (Wildman–Crippen MR) is 123 cm³/mol. The Morgan fingerprint density at radius 3 is 2.58 bits per heavy atom. The van der Waals surface area contributed by atoms with Crippen molar-refractivity contribution in [2.45, 2.75) is 6.92 Å². The summed E-state index contributed by atoms with van der Waals surface area (Å²) in [5, 5.41) is 3.46. The standard InChI is InChI=1S/C18H30N6S.HI/c1-2-19-18(21-7-8-22-13-15-25-16-14-22)24-11-9-23(10-12-24)17-5-3-4-6-20-17;/h3-6H,2,7-16H2,1H3,(H,19,21);1H. The first-order chi connectivity index (χ1) is 12.4. The van der Waals surface area contributed by atoms with E-state index < -0.39 is 0 Å². The van der Waals surface area contributed by atoms with Crippen molar-refractivity contribution in [3.05, 3.63) is 24.4 Å². The monoisotopic (exact) mass is 490 g/mol. The zero-order valence-corrected chi connectivity index (χ0v) is 18.8. The van der Waals surface area contributed by atoms with Crippen molar-refractivity contribution in [3.8, 4) is 0 Å². The maximum absolute atomic E-state index is 4.88. The van der Waals surface area contributed by atoms with Crippen LogP contribution in [0.25, 0.3) is 0 Å². The fourth-order valence-electron chi connectivity index (χ4n) is 3.24. The number of aromatic nitrogens is 1. The van der Waals surface area contributed by atoms with E-state index in [0.29, 0.717) is 0 Å². The van der Waals surface area contributed by atoms with Gasteiger partial charge in [0.15, 0.2) is 5.96 Å². The van der Waals surface area contributed by atoms with E-state index in [1.54, 1.807) is 0 Å². The third-order valence-electron chi connectivity index (χ3n) is 4.67. The molecule has 1 N–H and O–H groups in total. The van der Waals surface area contributed by atoms with Crippen LogP contribution in [-0.4, -0.2) is 91.2 Å². The molecular weight excluding hydrogens is 459 g/mol. The van der Waals surface area contributed by atoms with Gasteiger partial charge in [-0.15, -0.1) is 24.0 Å². The summed E-state index contributed by atoms with van der Waals surface area (Å²) < 4.78 is 0. The molecule has 3 rings (SSSR count). The summed E-state index contributed by atoms with van der Waals surface area (Å²) in [7, 11) is 0. The van der Waals surface area contributed by atoms with Gasteiger partial charge in [0, 0.05) is 70.1 Å². The SMILES string of the molecule is CCNC(=NCCN1CCSCC1)N1CCN(c2ccccn2)CC1.I. The van der Waals surface area contributed by atoms with Crippen LogP contribution in [0, 0.1) is 0 Å². The van der Waals surface area contributed by atoms with Gasteiger partial charge in [0.25, 0.3) is 0 Å². The van der Waals surface area contributed by atoms with Gasteiger partial charge in [-0.2, -0.15) is 11.8 Å². The summed E-state index contributed by atoms with van der Waals surface area (Å²) in [6, 6.07) is 6.11. The Morgan fingerprint density at radius 2 is 1.92 bits per heavy atom. The van der Waals surface area contributed by atoms with E-state index >= 15 is 0 Å². The van der Waals surface area contributed by atoms with Gasteiger partial charge in [-0.05, 0) is 19.1 Å². The largest absolute Gasteiger partial charge is 0.357 e. The minimum atomic E-state index is 0. The highest BCUT2D eigenvalue weighted by Gasteiger charge is 2.20. The van der Waals surface area contributed by atoms with E-state index in [2.05, 4.69) is 55.8 Å². The van der Waals surface area contributed by atoms with Gasteiger partial charge in [-0.25, -0.2) is 4.98 Å². The van der Waals surface area contributed by atoms with Crippen molar-refractivity contribution in [1.29, 1.82) is 0 Å². The Bertz CT molecular complexity index is 530. The third-order valence-corrected chi connectivity index (χ3v) is 5.61. The quantitative estimate of drug-likeness (QED) is 0.386. The molecule has 2 fully saturated rings. The van der Waals surface area contributed by atoms with E-state index in [9.17, 15) is 0 Å². The van der Waals surface area contributed by atoms with Gasteiger partial charge in [0.05, 0.1) is 6.54 Å². The number of guanidine groups is 1. The molecule has 2 aliphatic rings. The lowest BCUT2D eigenvalue weighted by Crippen LogP contribution is -2.53. The molecule has 0 atom stereocenters. The number of anilines is 1. The third kappa shape index (κ3) is 6.45. The number of hydrogen-bond donors (Lipinski definition) is 1. The second-order valence-corrected chi connectivity index (χ2v) is 7.58. The lowest BCUT2D eigenvalue weighted by Gasteiger charge is -2.37. The van der Waals surface area contributed by atoms with Gasteiger partial charge in [0.2, 0.25) is 0 Å². The summed E-state index contributed by atoms with van der Waals surface area (Å²) >= 11 is 2.06. The number of pyridine rings is 1. The number of hydrogen-bond acceptors (Lipinski definition) is 5. The molecule has 6 nitrogen and oxygen atoms in total. The van der Waals surface area contributed by atoms with Crippen LogP contribution in [0.1, 0.15) is 6.92 Å². The predicted octanol–water partition coefficient (Wildman–Crippen LogP) is 1.84. The van der Waals surface area contributed by atoms with Crippen LogP contribution in [-0.2, 0) is 0 Å². The Kier molecular flexibility index (Phi) is 9.84. The molecule has 146 valence electrons. The van der Waals surface area contributed by atoms with Crippen LogP contribution in [0.2, 0.25) is 0 Å². The number of aliphatic imine (C=N–C) groups is 1. The van der Waals surface area contributed by atoms with E-state index in [1.165, 1.54) is 24.6 Å². The van der Waals surface area contributed by atoms with Crippen LogP contribution >= 0.6 is 35.7 Å². The summed E-state index contributed by atoms with van der Waals surface area (Å²) in [5.74, 6) is 4.67. The highest BCUT2D eigenvalue weighted by molar-refractivity contribution is 14.0. The summed E-state index contributed by atoms with van der Waals surface area (Å²) in [5.41, 5.74) is 0. The molecule has 8 heteroatoms. The molecule has 3 heterocycles. The van der Waals surface area contributed by atoms with Crippen LogP contribution < -0.4 is 10.2 Å². The lowest BCUT2D eigenvalue weighted by atomic mass is 10.3. The summed E-state index contributed by atoms with van der Waals surface area (Å²) in [4.78, 5) is 16.6. The number of nitrogens with one attached hydrogen (secondary N) is 1. The van der Waals surface area contributed by atoms with Crippen molar-refractivity contribution in [1.82, 2.24) is 20.1 Å². The minimum Gasteiger partial charge on any atom is -0.357 e. The zero-order chi connectivity index (χ0) is 17.3. The Hall–Kier alpha value is -0.740. The highest BCUT2D eigenvalue weighted by Crippen LogP contribution is 2.12. The van der Waals surface area contributed by atoms with E-state index in [4.69, 9.17) is 4.99 Å². The molecule has 0 saturated carbocycles. The normalized spacial score (nSPS) is 19.2.